The molecule has 0 saturated carbocycles. The van der Waals surface area contributed by atoms with Crippen LogP contribution in [0.25, 0.3) is 0 Å². The summed E-state index contributed by atoms with van der Waals surface area (Å²) in [5.41, 5.74) is 2.18. The quantitative estimate of drug-likeness (QED) is 0.388. The number of benzene rings is 2. The van der Waals surface area contributed by atoms with E-state index in [-0.39, 0.29) is 17.9 Å². The van der Waals surface area contributed by atoms with Crippen LogP contribution in [0.2, 0.25) is 0 Å². The number of nitrogens with zero attached hydrogens (tertiary/aromatic N) is 1. The van der Waals surface area contributed by atoms with Crippen LogP contribution in [0, 0.1) is 0 Å². The van der Waals surface area contributed by atoms with Crippen LogP contribution >= 0.6 is 15.9 Å². The Bertz CT molecular complexity index is 1010. The first kappa shape index (κ1) is 19.9. The number of ether oxygens (including phenoxy) is 2. The molecule has 1 heterocycles. The first-order valence-corrected chi connectivity index (χ1v) is 9.86. The summed E-state index contributed by atoms with van der Waals surface area (Å²) >= 11 is 3.39. The van der Waals surface area contributed by atoms with Gasteiger partial charge in [-0.15, -0.1) is 0 Å². The lowest BCUT2D eigenvalue weighted by molar-refractivity contribution is 0.0970. The lowest BCUT2D eigenvalue weighted by Gasteiger charge is -2.10. The number of carbonyl (C=O) groups is 1. The number of hydrogen-bond acceptors (Lipinski definition) is 4. The number of Topliss-reactive ketones (excluding diaryl/α,β-unsaturated/α-hetero) is 1. The van der Waals surface area contributed by atoms with Crippen molar-refractivity contribution in [3.05, 3.63) is 93.9 Å². The van der Waals surface area contributed by atoms with E-state index >= 15 is 0 Å². The number of pyridine rings is 1. The maximum Gasteiger partial charge on any atom is 0.254 e. The lowest BCUT2D eigenvalue weighted by Crippen LogP contribution is -2.23. The highest BCUT2D eigenvalue weighted by molar-refractivity contribution is 9.08. The first-order valence-electron chi connectivity index (χ1n) is 8.74. The van der Waals surface area contributed by atoms with E-state index in [9.17, 15) is 9.59 Å². The van der Waals surface area contributed by atoms with Gasteiger partial charge in [0.25, 0.3) is 5.56 Å². The number of halogens is 1. The van der Waals surface area contributed by atoms with E-state index in [1.54, 1.807) is 31.5 Å². The summed E-state index contributed by atoms with van der Waals surface area (Å²) in [5, 5.41) is 0.633. The van der Waals surface area contributed by atoms with Gasteiger partial charge in [0.2, 0.25) is 0 Å². The second kappa shape index (κ2) is 9.37. The van der Waals surface area contributed by atoms with E-state index in [0.717, 1.165) is 11.1 Å². The standard InChI is InChI=1S/C22H20BrNO4/c1-27-21-11-17(7-8-18(21)13-23)20(25)14-24-10-9-19(12-22(24)26)28-15-16-5-3-2-4-6-16/h2-12H,13-15H2,1H3. The van der Waals surface area contributed by atoms with Gasteiger partial charge in [-0.05, 0) is 17.7 Å². The summed E-state index contributed by atoms with van der Waals surface area (Å²) in [4.78, 5) is 24.9. The maximum atomic E-state index is 12.6. The molecule has 6 heteroatoms. The van der Waals surface area contributed by atoms with Crippen molar-refractivity contribution in [2.24, 2.45) is 0 Å². The summed E-state index contributed by atoms with van der Waals surface area (Å²) in [7, 11) is 1.56. The van der Waals surface area contributed by atoms with Gasteiger partial charge in [-0.25, -0.2) is 0 Å². The molecule has 1 aromatic heterocycles. The van der Waals surface area contributed by atoms with Gasteiger partial charge in [0.05, 0.1) is 13.7 Å². The molecule has 0 bridgehead atoms. The lowest BCUT2D eigenvalue weighted by atomic mass is 10.1. The molecule has 0 N–H and O–H groups in total. The molecule has 0 fully saturated rings. The fraction of sp³-hybridized carbons (Fsp3) is 0.182. The molecule has 5 nitrogen and oxygen atoms in total. The monoisotopic (exact) mass is 441 g/mol. The summed E-state index contributed by atoms with van der Waals surface area (Å²) in [5.74, 6) is 0.945. The molecule has 28 heavy (non-hydrogen) atoms. The normalized spacial score (nSPS) is 10.5. The highest BCUT2D eigenvalue weighted by Crippen LogP contribution is 2.23. The number of rotatable bonds is 8. The number of carbonyl (C=O) groups excluding carboxylic acids is 1. The zero-order chi connectivity index (χ0) is 19.9. The Kier molecular flexibility index (Phi) is 6.66. The van der Waals surface area contributed by atoms with E-state index in [4.69, 9.17) is 9.47 Å². The molecule has 3 rings (SSSR count). The largest absolute Gasteiger partial charge is 0.496 e. The van der Waals surface area contributed by atoms with Crippen molar-refractivity contribution in [2.45, 2.75) is 18.5 Å². The topological polar surface area (TPSA) is 57.5 Å². The number of methoxy groups -OCH3 is 1. The van der Waals surface area contributed by atoms with Gasteiger partial charge in [-0.2, -0.15) is 0 Å². The SMILES string of the molecule is COc1cc(C(=O)Cn2ccc(OCc3ccccc3)cc2=O)ccc1CBr. The molecule has 2 aromatic carbocycles. The molecule has 0 unspecified atom stereocenters. The fourth-order valence-electron chi connectivity index (χ4n) is 2.73. The van der Waals surface area contributed by atoms with Crippen molar-refractivity contribution in [1.29, 1.82) is 0 Å². The van der Waals surface area contributed by atoms with Crippen LogP contribution in [0.5, 0.6) is 11.5 Å². The number of aromatic nitrogens is 1. The average molecular weight is 442 g/mol. The van der Waals surface area contributed by atoms with E-state index in [1.165, 1.54) is 10.6 Å². The summed E-state index contributed by atoms with van der Waals surface area (Å²) < 4.78 is 12.3. The highest BCUT2D eigenvalue weighted by Gasteiger charge is 2.12. The second-order valence-electron chi connectivity index (χ2n) is 6.19. The van der Waals surface area contributed by atoms with Crippen molar-refractivity contribution < 1.29 is 14.3 Å². The van der Waals surface area contributed by atoms with Crippen LogP contribution in [-0.2, 0) is 18.5 Å². The molecule has 0 atom stereocenters. The Hall–Kier alpha value is -2.86. The second-order valence-corrected chi connectivity index (χ2v) is 6.75. The Morgan fingerprint density at radius 1 is 1.07 bits per heavy atom. The van der Waals surface area contributed by atoms with Gasteiger partial charge in [-0.3, -0.25) is 9.59 Å². The van der Waals surface area contributed by atoms with E-state index in [2.05, 4.69) is 15.9 Å². The van der Waals surface area contributed by atoms with E-state index in [1.807, 2.05) is 36.4 Å². The van der Waals surface area contributed by atoms with Gasteiger partial charge < -0.3 is 14.0 Å². The average Bonchev–Trinajstić information content (AvgIpc) is 2.74. The molecule has 144 valence electrons. The van der Waals surface area contributed by atoms with Gasteiger partial charge in [0.15, 0.2) is 5.78 Å². The highest BCUT2D eigenvalue weighted by atomic mass is 79.9. The number of alkyl halides is 1. The van der Waals surface area contributed by atoms with Gasteiger partial charge in [0, 0.05) is 28.7 Å². The van der Waals surface area contributed by atoms with Crippen LogP contribution < -0.4 is 15.0 Å². The molecule has 0 spiro atoms. The molecular weight excluding hydrogens is 422 g/mol. The summed E-state index contributed by atoms with van der Waals surface area (Å²) in [6.45, 7) is 0.331. The number of ketones is 1. The summed E-state index contributed by atoms with van der Waals surface area (Å²) in [6.07, 6.45) is 1.57. The molecule has 0 saturated heterocycles. The van der Waals surface area contributed by atoms with Crippen molar-refractivity contribution in [1.82, 2.24) is 4.57 Å². The Labute approximate surface area is 171 Å². The van der Waals surface area contributed by atoms with E-state index in [0.29, 0.717) is 29.0 Å². The smallest absolute Gasteiger partial charge is 0.254 e. The van der Waals surface area contributed by atoms with Crippen LogP contribution in [0.4, 0.5) is 0 Å². The minimum atomic E-state index is -0.289. The van der Waals surface area contributed by atoms with Crippen molar-refractivity contribution >= 4 is 21.7 Å². The third-order valence-corrected chi connectivity index (χ3v) is 4.89. The zero-order valence-electron chi connectivity index (χ0n) is 15.4. The third-order valence-electron chi connectivity index (χ3n) is 4.28. The molecular formula is C22H20BrNO4. The number of hydrogen-bond donors (Lipinski definition) is 0. The minimum absolute atomic E-state index is 0.0470. The Morgan fingerprint density at radius 2 is 1.86 bits per heavy atom. The van der Waals surface area contributed by atoms with Crippen LogP contribution in [0.3, 0.4) is 0 Å². The predicted molar refractivity (Wildman–Crippen MR) is 111 cm³/mol. The molecule has 0 radical (unpaired) electrons. The Balaban J connectivity index is 1.69. The molecule has 0 amide bonds. The van der Waals surface area contributed by atoms with Crippen LogP contribution in [0.15, 0.2) is 71.7 Å². The van der Waals surface area contributed by atoms with Gasteiger partial charge >= 0.3 is 0 Å². The molecule has 0 aliphatic heterocycles. The van der Waals surface area contributed by atoms with Crippen molar-refractivity contribution in [2.75, 3.05) is 7.11 Å². The summed E-state index contributed by atoms with van der Waals surface area (Å²) in [6, 6.07) is 18.1. The van der Waals surface area contributed by atoms with Crippen LogP contribution in [-0.4, -0.2) is 17.5 Å². The van der Waals surface area contributed by atoms with Crippen molar-refractivity contribution in [3.63, 3.8) is 0 Å². The molecule has 3 aromatic rings. The maximum absolute atomic E-state index is 12.6. The molecule has 0 aliphatic carbocycles. The van der Waals surface area contributed by atoms with Crippen LogP contribution in [0.1, 0.15) is 21.5 Å². The molecule has 0 aliphatic rings. The first-order chi connectivity index (χ1) is 13.6. The fourth-order valence-corrected chi connectivity index (χ4v) is 3.19. The van der Waals surface area contributed by atoms with Gasteiger partial charge in [0.1, 0.15) is 18.1 Å². The zero-order valence-corrected chi connectivity index (χ0v) is 17.0. The predicted octanol–water partition coefficient (Wildman–Crippen LogP) is 4.21. The van der Waals surface area contributed by atoms with Gasteiger partial charge in [-0.1, -0.05) is 58.4 Å². The Morgan fingerprint density at radius 3 is 2.54 bits per heavy atom. The third kappa shape index (κ3) is 4.89. The van der Waals surface area contributed by atoms with E-state index < -0.39 is 0 Å². The minimum Gasteiger partial charge on any atom is -0.496 e. The van der Waals surface area contributed by atoms with Crippen molar-refractivity contribution in [3.8, 4) is 11.5 Å².